The zero-order chi connectivity index (χ0) is 37.7. The van der Waals surface area contributed by atoms with Gasteiger partial charge in [-0.3, -0.25) is 20.0 Å². The smallest absolute Gasteiger partial charge is 0.741 e. The number of aromatic nitrogens is 2. The van der Waals surface area contributed by atoms with Crippen molar-refractivity contribution in [3.8, 4) is 6.07 Å². The summed E-state index contributed by atoms with van der Waals surface area (Å²) in [5, 5.41) is 7.32. The number of rotatable bonds is 4. The largest absolute Gasteiger partial charge is 2.00 e. The maximum atomic E-state index is 13.2. The average Bonchev–Trinajstić information content (AvgIpc) is 3.01. The Bertz CT molecular complexity index is 1760. The van der Waals surface area contributed by atoms with Crippen molar-refractivity contribution in [2.75, 3.05) is 0 Å². The third-order valence-corrected chi connectivity index (χ3v) is 5.45. The van der Waals surface area contributed by atoms with Crippen LogP contribution in [0.2, 0.25) is 0 Å². The summed E-state index contributed by atoms with van der Waals surface area (Å²) < 4.78 is 144. The summed E-state index contributed by atoms with van der Waals surface area (Å²) in [5.74, 6) is -0.658. The quantitative estimate of drug-likeness (QED) is 0.0723. The topological polar surface area (TPSA) is 189 Å². The first-order valence-electron chi connectivity index (χ1n) is 12.4. The Morgan fingerprint density at radius 3 is 1.12 bits per heavy atom. The Kier molecular flexibility index (Phi) is 21.7. The van der Waals surface area contributed by atoms with Gasteiger partial charge in [-0.2, -0.15) is 31.6 Å². The van der Waals surface area contributed by atoms with Crippen molar-refractivity contribution < 1.29 is 78.1 Å². The van der Waals surface area contributed by atoms with E-state index in [1.165, 1.54) is 19.1 Å². The van der Waals surface area contributed by atoms with E-state index in [2.05, 4.69) is 20.0 Å². The molecule has 0 unspecified atom stereocenters. The molecule has 0 aliphatic carbocycles. The van der Waals surface area contributed by atoms with E-state index in [0.29, 0.717) is 22.8 Å². The molecular formula is C28H21F8FeN5O6S2. The van der Waals surface area contributed by atoms with Crippen LogP contribution in [0.3, 0.4) is 0 Å². The molecule has 2 heterocycles. The number of pyridine rings is 2. The fraction of sp³-hybridized carbons (Fsp3) is 0.107. The van der Waals surface area contributed by atoms with Crippen LogP contribution < -0.4 is 0 Å². The second-order valence-corrected chi connectivity index (χ2v) is 10.7. The molecule has 22 heteroatoms. The first-order valence-corrected chi connectivity index (χ1v) is 15.2. The van der Waals surface area contributed by atoms with Crippen LogP contribution in [0.5, 0.6) is 0 Å². The molecule has 0 fully saturated rings. The normalized spacial score (nSPS) is 11.1. The van der Waals surface area contributed by atoms with E-state index >= 15 is 0 Å². The van der Waals surface area contributed by atoms with E-state index in [4.69, 9.17) is 31.2 Å². The molecular weight excluding hydrogens is 774 g/mol. The van der Waals surface area contributed by atoms with Gasteiger partial charge in [0.05, 0.1) is 41.3 Å². The van der Waals surface area contributed by atoms with E-state index < -0.39 is 31.3 Å². The molecule has 0 aliphatic heterocycles. The zero-order valence-corrected chi connectivity index (χ0v) is 27.5. The van der Waals surface area contributed by atoms with Gasteiger partial charge in [0.1, 0.15) is 11.6 Å². The molecule has 270 valence electrons. The zero-order valence-electron chi connectivity index (χ0n) is 24.8. The Balaban J connectivity index is 0. The third-order valence-electron chi connectivity index (χ3n) is 4.32. The molecule has 0 saturated carbocycles. The molecule has 11 nitrogen and oxygen atoms in total. The Labute approximate surface area is 291 Å². The minimum Gasteiger partial charge on any atom is -0.741 e. The van der Waals surface area contributed by atoms with Gasteiger partial charge < -0.3 is 9.11 Å². The number of para-hydroxylation sites is 2. The molecule has 4 aromatic rings. The number of hydrogen-bond acceptors (Lipinski definition) is 11. The molecule has 0 saturated heterocycles. The number of hydrogen-bond donors (Lipinski definition) is 0. The van der Waals surface area contributed by atoms with Crippen LogP contribution in [-0.4, -0.2) is 59.4 Å². The number of halogens is 8. The van der Waals surface area contributed by atoms with E-state index in [1.807, 2.05) is 36.4 Å². The summed E-state index contributed by atoms with van der Waals surface area (Å²) in [6.07, 6.45) is 6.42. The van der Waals surface area contributed by atoms with Crippen molar-refractivity contribution in [3.05, 3.63) is 120 Å². The van der Waals surface area contributed by atoms with Crippen molar-refractivity contribution in [3.63, 3.8) is 0 Å². The van der Waals surface area contributed by atoms with Gasteiger partial charge >= 0.3 is 28.1 Å². The van der Waals surface area contributed by atoms with Crippen molar-refractivity contribution in [2.24, 2.45) is 9.98 Å². The Morgan fingerprint density at radius 2 is 0.900 bits per heavy atom. The van der Waals surface area contributed by atoms with Crippen LogP contribution in [0.15, 0.2) is 107 Å². The molecule has 0 aliphatic rings. The number of alkyl halides is 6. The summed E-state index contributed by atoms with van der Waals surface area (Å²) in [6.45, 7) is 1.43. The van der Waals surface area contributed by atoms with Crippen molar-refractivity contribution in [1.29, 1.82) is 5.26 Å². The fourth-order valence-electron chi connectivity index (χ4n) is 2.29. The SMILES string of the molecule is CC#N.Fc1ccccc1N=Cc1ccccn1.Fc1ccccc1N=Cc1ccccn1.O=S(=O)([O-])C(F)(F)F.O=S(=O)([O-])C(F)(F)F.[Fe+2]. The van der Waals surface area contributed by atoms with Crippen LogP contribution in [0, 0.1) is 23.0 Å². The van der Waals surface area contributed by atoms with Crippen molar-refractivity contribution in [1.82, 2.24) is 9.97 Å². The molecule has 0 amide bonds. The predicted octanol–water partition coefficient (Wildman–Crippen LogP) is 6.57. The van der Waals surface area contributed by atoms with Crippen LogP contribution >= 0.6 is 0 Å². The van der Waals surface area contributed by atoms with E-state index in [-0.39, 0.29) is 28.7 Å². The van der Waals surface area contributed by atoms with Gasteiger partial charge in [-0.1, -0.05) is 36.4 Å². The number of nitriles is 1. The van der Waals surface area contributed by atoms with Gasteiger partial charge in [-0.15, -0.1) is 0 Å². The summed E-state index contributed by atoms with van der Waals surface area (Å²) >= 11 is 0. The van der Waals surface area contributed by atoms with Crippen LogP contribution in [-0.2, 0) is 37.3 Å². The summed E-state index contributed by atoms with van der Waals surface area (Å²) in [5.41, 5.74) is -9.23. The number of benzene rings is 2. The maximum Gasteiger partial charge on any atom is 2.00 e. The van der Waals surface area contributed by atoms with Gasteiger partial charge in [0, 0.05) is 19.3 Å². The Hall–Kier alpha value is -4.65. The molecule has 0 bridgehead atoms. The summed E-state index contributed by atoms with van der Waals surface area (Å²) in [4.78, 5) is 16.1. The second kappa shape index (κ2) is 22.9. The fourth-order valence-corrected chi connectivity index (χ4v) is 2.29. The van der Waals surface area contributed by atoms with Crippen molar-refractivity contribution in [2.45, 2.75) is 17.9 Å². The number of aliphatic imine (C=N–C) groups is 2. The molecule has 0 spiro atoms. The average molecular weight is 795 g/mol. The standard InChI is InChI=1S/2C12H9FN2.C2H3N.2CHF3O3S.Fe/c2*13-11-6-1-2-7-12(11)15-9-10-5-3-4-8-14-10;1-2-3;2*2-1(3,4)8(5,6)7;/h2*1-9H;1H3;2*(H,5,6,7);/q;;;;;+2/p-2. The first kappa shape index (κ1) is 47.5. The van der Waals surface area contributed by atoms with Crippen LogP contribution in [0.1, 0.15) is 18.3 Å². The molecule has 4 rings (SSSR count). The van der Waals surface area contributed by atoms with Gasteiger partial charge in [-0.25, -0.2) is 25.6 Å². The van der Waals surface area contributed by atoms with Crippen LogP contribution in [0.4, 0.5) is 46.5 Å². The molecule has 0 N–H and O–H groups in total. The number of nitrogens with zero attached hydrogens (tertiary/aromatic N) is 5. The molecule has 50 heavy (non-hydrogen) atoms. The molecule has 0 radical (unpaired) electrons. The molecule has 0 atom stereocenters. The van der Waals surface area contributed by atoms with Gasteiger partial charge in [0.2, 0.25) is 0 Å². The predicted molar refractivity (Wildman–Crippen MR) is 159 cm³/mol. The van der Waals surface area contributed by atoms with Crippen molar-refractivity contribution >= 4 is 44.0 Å². The van der Waals surface area contributed by atoms with Gasteiger partial charge in [0.15, 0.2) is 20.2 Å². The molecule has 2 aromatic heterocycles. The van der Waals surface area contributed by atoms with Gasteiger partial charge in [-0.05, 0) is 48.5 Å². The van der Waals surface area contributed by atoms with Gasteiger partial charge in [0.25, 0.3) is 0 Å². The minimum atomic E-state index is -6.09. The van der Waals surface area contributed by atoms with E-state index in [0.717, 1.165) is 0 Å². The van der Waals surface area contributed by atoms with Crippen LogP contribution in [0.25, 0.3) is 0 Å². The maximum absolute atomic E-state index is 13.2. The van der Waals surface area contributed by atoms with E-state index in [9.17, 15) is 35.1 Å². The Morgan fingerprint density at radius 1 is 0.640 bits per heavy atom. The third kappa shape index (κ3) is 20.7. The second-order valence-electron chi connectivity index (χ2n) is 7.95. The molecule has 2 aromatic carbocycles. The minimum absolute atomic E-state index is 0. The van der Waals surface area contributed by atoms with E-state index in [1.54, 1.807) is 67.3 Å². The first-order chi connectivity index (χ1) is 22.6. The monoisotopic (exact) mass is 795 g/mol. The summed E-state index contributed by atoms with van der Waals surface area (Å²) in [6, 6.07) is 25.5. The summed E-state index contributed by atoms with van der Waals surface area (Å²) in [7, 11) is -12.2.